The highest BCUT2D eigenvalue weighted by Crippen LogP contribution is 2.43. The Labute approximate surface area is 153 Å². The van der Waals surface area contributed by atoms with E-state index in [0.29, 0.717) is 0 Å². The van der Waals surface area contributed by atoms with Gasteiger partial charge in [0.1, 0.15) is 0 Å². The summed E-state index contributed by atoms with van der Waals surface area (Å²) in [5.41, 5.74) is 0. The van der Waals surface area contributed by atoms with Gasteiger partial charge >= 0.3 is 0 Å². The van der Waals surface area contributed by atoms with E-state index >= 15 is 0 Å². The van der Waals surface area contributed by atoms with Crippen molar-refractivity contribution >= 4 is 0 Å². The van der Waals surface area contributed by atoms with Crippen molar-refractivity contribution in [2.24, 2.45) is 35.5 Å². The molecule has 3 aliphatic carbocycles. The monoisotopic (exact) mass is 334 g/mol. The Morgan fingerprint density at radius 1 is 0.458 bits per heavy atom. The van der Waals surface area contributed by atoms with E-state index in [4.69, 9.17) is 0 Å². The highest BCUT2D eigenvalue weighted by Gasteiger charge is 2.30. The van der Waals surface area contributed by atoms with Crippen molar-refractivity contribution in [2.75, 3.05) is 0 Å². The molecule has 0 atom stereocenters. The SMILES string of the molecule is CC.CC1CCC(CCC2CCC(C3CCC(C)CC3)CC2)CC1. The largest absolute Gasteiger partial charge is 0.0683 e. The van der Waals surface area contributed by atoms with Crippen LogP contribution in [0.3, 0.4) is 0 Å². The summed E-state index contributed by atoms with van der Waals surface area (Å²) >= 11 is 0. The van der Waals surface area contributed by atoms with Gasteiger partial charge in [-0.15, -0.1) is 0 Å². The second kappa shape index (κ2) is 10.9. The summed E-state index contributed by atoms with van der Waals surface area (Å²) in [5, 5.41) is 0. The zero-order valence-electron chi connectivity index (χ0n) is 17.4. The van der Waals surface area contributed by atoms with Crippen LogP contribution >= 0.6 is 0 Å². The summed E-state index contributed by atoms with van der Waals surface area (Å²) < 4.78 is 0. The van der Waals surface area contributed by atoms with E-state index in [9.17, 15) is 0 Å². The van der Waals surface area contributed by atoms with E-state index in [1.54, 1.807) is 51.4 Å². The first-order valence-electron chi connectivity index (χ1n) is 11.7. The van der Waals surface area contributed by atoms with Gasteiger partial charge < -0.3 is 0 Å². The average Bonchev–Trinajstić information content (AvgIpc) is 2.64. The van der Waals surface area contributed by atoms with E-state index in [1.165, 1.54) is 38.5 Å². The number of hydrogen-bond donors (Lipinski definition) is 0. The second-order valence-electron chi connectivity index (χ2n) is 9.50. The first-order chi connectivity index (χ1) is 11.7. The van der Waals surface area contributed by atoms with Gasteiger partial charge in [0.2, 0.25) is 0 Å². The van der Waals surface area contributed by atoms with Crippen LogP contribution in [-0.2, 0) is 0 Å². The van der Waals surface area contributed by atoms with E-state index in [0.717, 1.165) is 35.5 Å². The van der Waals surface area contributed by atoms with Gasteiger partial charge in [0.05, 0.1) is 0 Å². The predicted molar refractivity (Wildman–Crippen MR) is 108 cm³/mol. The Morgan fingerprint density at radius 3 is 1.17 bits per heavy atom. The summed E-state index contributed by atoms with van der Waals surface area (Å²) in [6, 6.07) is 0. The van der Waals surface area contributed by atoms with Crippen molar-refractivity contribution < 1.29 is 0 Å². The van der Waals surface area contributed by atoms with E-state index in [2.05, 4.69) is 13.8 Å². The molecule has 0 heteroatoms. The van der Waals surface area contributed by atoms with Gasteiger partial charge in [-0.25, -0.2) is 0 Å². The maximum atomic E-state index is 2.46. The molecule has 142 valence electrons. The maximum absolute atomic E-state index is 2.46. The van der Waals surface area contributed by atoms with Crippen molar-refractivity contribution in [1.82, 2.24) is 0 Å². The Bertz CT molecular complexity index is 296. The summed E-state index contributed by atoms with van der Waals surface area (Å²) in [5.74, 6) is 6.44. The van der Waals surface area contributed by atoms with Crippen molar-refractivity contribution in [3.63, 3.8) is 0 Å². The van der Waals surface area contributed by atoms with Crippen LogP contribution < -0.4 is 0 Å². The average molecular weight is 335 g/mol. The summed E-state index contributed by atoms with van der Waals surface area (Å²) in [6.07, 6.45) is 21.7. The highest BCUT2D eigenvalue weighted by atomic mass is 14.4. The normalized spacial score (nSPS) is 40.5. The fourth-order valence-corrected chi connectivity index (χ4v) is 5.79. The van der Waals surface area contributed by atoms with Crippen LogP contribution in [-0.4, -0.2) is 0 Å². The first-order valence-corrected chi connectivity index (χ1v) is 11.7. The zero-order chi connectivity index (χ0) is 17.4. The minimum Gasteiger partial charge on any atom is -0.0683 e. The predicted octanol–water partition coefficient (Wildman–Crippen LogP) is 8.25. The molecule has 0 spiro atoms. The molecule has 24 heavy (non-hydrogen) atoms. The number of rotatable bonds is 4. The third-order valence-corrected chi connectivity index (χ3v) is 7.74. The molecule has 3 saturated carbocycles. The lowest BCUT2D eigenvalue weighted by molar-refractivity contribution is 0.142. The molecule has 0 saturated heterocycles. The molecule has 0 amide bonds. The third-order valence-electron chi connectivity index (χ3n) is 7.74. The van der Waals surface area contributed by atoms with Crippen LogP contribution in [0.5, 0.6) is 0 Å². The van der Waals surface area contributed by atoms with Crippen molar-refractivity contribution in [3.8, 4) is 0 Å². The van der Waals surface area contributed by atoms with Crippen molar-refractivity contribution in [2.45, 2.75) is 118 Å². The zero-order valence-corrected chi connectivity index (χ0v) is 17.4. The molecular formula is C24H46. The van der Waals surface area contributed by atoms with Gasteiger partial charge in [-0.05, 0) is 61.2 Å². The lowest BCUT2D eigenvalue weighted by Crippen LogP contribution is -2.25. The molecule has 0 heterocycles. The number of hydrogen-bond acceptors (Lipinski definition) is 0. The molecule has 3 fully saturated rings. The van der Waals surface area contributed by atoms with E-state index in [-0.39, 0.29) is 0 Å². The van der Waals surface area contributed by atoms with Gasteiger partial charge in [-0.1, -0.05) is 91.9 Å². The molecule has 0 aromatic rings. The van der Waals surface area contributed by atoms with Gasteiger partial charge in [0.25, 0.3) is 0 Å². The third kappa shape index (κ3) is 6.38. The molecular weight excluding hydrogens is 288 g/mol. The lowest BCUT2D eigenvalue weighted by Gasteiger charge is -2.37. The minimum absolute atomic E-state index is 1.02. The van der Waals surface area contributed by atoms with E-state index < -0.39 is 0 Å². The molecule has 0 radical (unpaired) electrons. The molecule has 0 N–H and O–H groups in total. The van der Waals surface area contributed by atoms with E-state index in [1.807, 2.05) is 13.8 Å². The fraction of sp³-hybridized carbons (Fsp3) is 1.00. The quantitative estimate of drug-likeness (QED) is 0.485. The Hall–Kier alpha value is 0. The molecule has 0 unspecified atom stereocenters. The Morgan fingerprint density at radius 2 is 0.750 bits per heavy atom. The first kappa shape index (κ1) is 20.3. The van der Waals surface area contributed by atoms with Crippen LogP contribution in [0, 0.1) is 35.5 Å². The molecule has 0 aromatic heterocycles. The molecule has 0 nitrogen and oxygen atoms in total. The standard InChI is InChI=1S/C22H40.C2H6/c1-17-3-7-19(8-4-17)9-10-20-11-15-22(16-12-20)21-13-5-18(2)6-14-21;1-2/h17-22H,3-16H2,1-2H3;1-2H3. The maximum Gasteiger partial charge on any atom is -0.0386 e. The van der Waals surface area contributed by atoms with Crippen molar-refractivity contribution in [3.05, 3.63) is 0 Å². The fourth-order valence-electron chi connectivity index (χ4n) is 5.79. The van der Waals surface area contributed by atoms with Gasteiger partial charge in [-0.3, -0.25) is 0 Å². The van der Waals surface area contributed by atoms with Gasteiger partial charge in [0.15, 0.2) is 0 Å². The topological polar surface area (TPSA) is 0 Å². The molecule has 3 aliphatic rings. The molecule has 0 aromatic carbocycles. The van der Waals surface area contributed by atoms with Crippen LogP contribution in [0.2, 0.25) is 0 Å². The van der Waals surface area contributed by atoms with Crippen molar-refractivity contribution in [1.29, 1.82) is 0 Å². The minimum atomic E-state index is 1.02. The summed E-state index contributed by atoms with van der Waals surface area (Å²) in [4.78, 5) is 0. The Balaban J connectivity index is 0.00000100. The molecule has 3 rings (SSSR count). The second-order valence-corrected chi connectivity index (χ2v) is 9.50. The molecule has 0 aliphatic heterocycles. The highest BCUT2D eigenvalue weighted by molar-refractivity contribution is 4.82. The Kier molecular flexibility index (Phi) is 9.20. The van der Waals surface area contributed by atoms with Crippen LogP contribution in [0.15, 0.2) is 0 Å². The van der Waals surface area contributed by atoms with Crippen LogP contribution in [0.1, 0.15) is 118 Å². The van der Waals surface area contributed by atoms with Gasteiger partial charge in [-0.2, -0.15) is 0 Å². The lowest BCUT2D eigenvalue weighted by atomic mass is 9.68. The van der Waals surface area contributed by atoms with Crippen LogP contribution in [0.4, 0.5) is 0 Å². The van der Waals surface area contributed by atoms with Crippen LogP contribution in [0.25, 0.3) is 0 Å². The molecule has 0 bridgehead atoms. The van der Waals surface area contributed by atoms with Gasteiger partial charge in [0, 0.05) is 0 Å². The summed E-state index contributed by atoms with van der Waals surface area (Å²) in [6.45, 7) is 8.91. The summed E-state index contributed by atoms with van der Waals surface area (Å²) in [7, 11) is 0. The smallest absolute Gasteiger partial charge is 0.0386 e.